The van der Waals surface area contributed by atoms with E-state index in [1.165, 1.54) is 5.56 Å². The van der Waals surface area contributed by atoms with Crippen molar-refractivity contribution in [3.63, 3.8) is 0 Å². The van der Waals surface area contributed by atoms with Gasteiger partial charge in [0.25, 0.3) is 0 Å². The van der Waals surface area contributed by atoms with Crippen LogP contribution in [0.4, 0.5) is 0 Å². The van der Waals surface area contributed by atoms with E-state index in [2.05, 4.69) is 26.8 Å². The van der Waals surface area contributed by atoms with E-state index in [0.29, 0.717) is 6.42 Å². The molecule has 16 heavy (non-hydrogen) atoms. The van der Waals surface area contributed by atoms with E-state index < -0.39 is 12.0 Å². The Morgan fingerprint density at radius 2 is 2.06 bits per heavy atom. The van der Waals surface area contributed by atoms with Crippen molar-refractivity contribution in [2.45, 2.75) is 38.6 Å². The first-order valence-corrected chi connectivity index (χ1v) is 5.38. The highest BCUT2D eigenvalue weighted by atomic mass is 16.4. The Morgan fingerprint density at radius 1 is 1.44 bits per heavy atom. The summed E-state index contributed by atoms with van der Waals surface area (Å²) < 4.78 is 0. The van der Waals surface area contributed by atoms with Crippen LogP contribution in [0, 0.1) is 0 Å². The Balaban J connectivity index is 2.87. The summed E-state index contributed by atoms with van der Waals surface area (Å²) in [7, 11) is 0. The zero-order chi connectivity index (χ0) is 12.3. The maximum atomic E-state index is 10.7. The van der Waals surface area contributed by atoms with Crippen LogP contribution in [0.5, 0.6) is 0 Å². The maximum Gasteiger partial charge on any atom is 0.320 e. The second-order valence-electron chi connectivity index (χ2n) is 5.10. The highest BCUT2D eigenvalue weighted by Gasteiger charge is 2.16. The lowest BCUT2D eigenvalue weighted by atomic mass is 9.85. The molecule has 0 heterocycles. The zero-order valence-corrected chi connectivity index (χ0v) is 10.0. The van der Waals surface area contributed by atoms with Crippen LogP contribution in [0.15, 0.2) is 24.3 Å². The summed E-state index contributed by atoms with van der Waals surface area (Å²) in [6.45, 7) is 6.38. The van der Waals surface area contributed by atoms with Gasteiger partial charge in [-0.25, -0.2) is 0 Å². The normalized spacial score (nSPS) is 13.5. The number of hydrogen-bond donors (Lipinski definition) is 2. The Labute approximate surface area is 96.3 Å². The molecule has 0 aliphatic rings. The average Bonchev–Trinajstić information content (AvgIpc) is 2.16. The van der Waals surface area contributed by atoms with Crippen molar-refractivity contribution in [3.8, 4) is 0 Å². The van der Waals surface area contributed by atoms with Gasteiger partial charge in [-0.15, -0.1) is 0 Å². The SMILES string of the molecule is CC(C)(C)c1cccc(C[C@@H](N)C(=O)O)c1. The quantitative estimate of drug-likeness (QED) is 0.819. The van der Waals surface area contributed by atoms with Crippen molar-refractivity contribution in [3.05, 3.63) is 35.4 Å². The molecular weight excluding hydrogens is 202 g/mol. The number of benzene rings is 1. The molecule has 0 aliphatic carbocycles. The van der Waals surface area contributed by atoms with Gasteiger partial charge in [0.1, 0.15) is 6.04 Å². The first kappa shape index (κ1) is 12.7. The second kappa shape index (κ2) is 4.66. The zero-order valence-electron chi connectivity index (χ0n) is 10.0. The highest BCUT2D eigenvalue weighted by Crippen LogP contribution is 2.23. The van der Waals surface area contributed by atoms with E-state index in [1.54, 1.807) is 0 Å². The molecule has 0 saturated carbocycles. The molecule has 3 nitrogen and oxygen atoms in total. The van der Waals surface area contributed by atoms with Gasteiger partial charge in [-0.05, 0) is 23.0 Å². The lowest BCUT2D eigenvalue weighted by molar-refractivity contribution is -0.138. The van der Waals surface area contributed by atoms with Crippen molar-refractivity contribution in [2.24, 2.45) is 5.73 Å². The van der Waals surface area contributed by atoms with Gasteiger partial charge in [-0.2, -0.15) is 0 Å². The van der Waals surface area contributed by atoms with E-state index in [0.717, 1.165) is 5.56 Å². The van der Waals surface area contributed by atoms with E-state index in [1.807, 2.05) is 18.2 Å². The van der Waals surface area contributed by atoms with Gasteiger partial charge in [-0.3, -0.25) is 4.79 Å². The molecule has 3 heteroatoms. The number of rotatable bonds is 3. The molecule has 0 aliphatic heterocycles. The van der Waals surface area contributed by atoms with Crippen LogP contribution < -0.4 is 5.73 Å². The number of aliphatic carboxylic acids is 1. The van der Waals surface area contributed by atoms with Crippen molar-refractivity contribution in [2.75, 3.05) is 0 Å². The molecule has 1 aromatic rings. The molecule has 0 unspecified atom stereocenters. The lowest BCUT2D eigenvalue weighted by Crippen LogP contribution is -2.32. The number of carbonyl (C=O) groups is 1. The van der Waals surface area contributed by atoms with Gasteiger partial charge >= 0.3 is 5.97 Å². The van der Waals surface area contributed by atoms with E-state index >= 15 is 0 Å². The summed E-state index contributed by atoms with van der Waals surface area (Å²) in [6.07, 6.45) is 0.374. The average molecular weight is 221 g/mol. The lowest BCUT2D eigenvalue weighted by Gasteiger charge is -2.20. The minimum atomic E-state index is -0.957. The number of carboxylic acid groups (broad SMARTS) is 1. The summed E-state index contributed by atoms with van der Waals surface area (Å²) in [5.74, 6) is -0.957. The first-order chi connectivity index (χ1) is 7.30. The monoisotopic (exact) mass is 221 g/mol. The van der Waals surface area contributed by atoms with Gasteiger partial charge in [0.2, 0.25) is 0 Å². The van der Waals surface area contributed by atoms with Crippen molar-refractivity contribution in [1.29, 1.82) is 0 Å². The van der Waals surface area contributed by atoms with Crippen molar-refractivity contribution in [1.82, 2.24) is 0 Å². The Kier molecular flexibility index (Phi) is 3.70. The number of hydrogen-bond acceptors (Lipinski definition) is 2. The third-order valence-electron chi connectivity index (χ3n) is 2.57. The molecule has 0 bridgehead atoms. The van der Waals surface area contributed by atoms with Crippen molar-refractivity contribution >= 4 is 5.97 Å². The van der Waals surface area contributed by atoms with Crippen LogP contribution in [-0.4, -0.2) is 17.1 Å². The standard InChI is InChI=1S/C13H19NO2/c1-13(2,3)10-6-4-5-9(7-10)8-11(14)12(15)16/h4-7,11H,8,14H2,1-3H3,(H,15,16)/t11-/m1/s1. The Hall–Kier alpha value is -1.35. The van der Waals surface area contributed by atoms with Gasteiger partial charge in [-0.1, -0.05) is 45.0 Å². The van der Waals surface area contributed by atoms with Crippen LogP contribution in [0.1, 0.15) is 31.9 Å². The molecule has 1 rings (SSSR count). The van der Waals surface area contributed by atoms with Gasteiger partial charge in [0.05, 0.1) is 0 Å². The number of nitrogens with two attached hydrogens (primary N) is 1. The first-order valence-electron chi connectivity index (χ1n) is 5.38. The van der Waals surface area contributed by atoms with Gasteiger partial charge in [0, 0.05) is 0 Å². The molecule has 3 N–H and O–H groups in total. The smallest absolute Gasteiger partial charge is 0.320 e. The minimum Gasteiger partial charge on any atom is -0.480 e. The molecule has 0 fully saturated rings. The van der Waals surface area contributed by atoms with Crippen LogP contribution in [-0.2, 0) is 16.6 Å². The van der Waals surface area contributed by atoms with E-state index in [9.17, 15) is 4.79 Å². The summed E-state index contributed by atoms with van der Waals surface area (Å²) in [5.41, 5.74) is 7.75. The highest BCUT2D eigenvalue weighted by molar-refractivity contribution is 5.73. The van der Waals surface area contributed by atoms with E-state index in [-0.39, 0.29) is 5.41 Å². The summed E-state index contributed by atoms with van der Waals surface area (Å²) in [5, 5.41) is 8.75. The molecule has 0 amide bonds. The third kappa shape index (κ3) is 3.35. The Morgan fingerprint density at radius 3 is 2.56 bits per heavy atom. The predicted molar refractivity (Wildman–Crippen MR) is 64.5 cm³/mol. The minimum absolute atomic E-state index is 0.0727. The molecule has 0 radical (unpaired) electrons. The largest absolute Gasteiger partial charge is 0.480 e. The number of carboxylic acids is 1. The molecule has 0 spiro atoms. The second-order valence-corrected chi connectivity index (χ2v) is 5.10. The fraction of sp³-hybridized carbons (Fsp3) is 0.462. The van der Waals surface area contributed by atoms with Gasteiger partial charge in [0.15, 0.2) is 0 Å². The van der Waals surface area contributed by atoms with Crippen LogP contribution >= 0.6 is 0 Å². The molecule has 0 saturated heterocycles. The van der Waals surface area contributed by atoms with E-state index in [4.69, 9.17) is 10.8 Å². The topological polar surface area (TPSA) is 63.3 Å². The fourth-order valence-corrected chi connectivity index (χ4v) is 1.51. The fourth-order valence-electron chi connectivity index (χ4n) is 1.51. The summed E-state index contributed by atoms with van der Waals surface area (Å²) >= 11 is 0. The van der Waals surface area contributed by atoms with Gasteiger partial charge < -0.3 is 10.8 Å². The maximum absolute atomic E-state index is 10.7. The molecule has 88 valence electrons. The summed E-state index contributed by atoms with van der Waals surface area (Å²) in [4.78, 5) is 10.7. The predicted octanol–water partition coefficient (Wildman–Crippen LogP) is 1.94. The Bertz CT molecular complexity index is 380. The molecular formula is C13H19NO2. The summed E-state index contributed by atoms with van der Waals surface area (Å²) in [6, 6.07) is 7.12. The molecule has 0 aromatic heterocycles. The van der Waals surface area contributed by atoms with Crippen LogP contribution in [0.25, 0.3) is 0 Å². The third-order valence-corrected chi connectivity index (χ3v) is 2.57. The molecule has 1 aromatic carbocycles. The van der Waals surface area contributed by atoms with Crippen LogP contribution in [0.3, 0.4) is 0 Å². The van der Waals surface area contributed by atoms with Crippen molar-refractivity contribution < 1.29 is 9.90 Å². The molecule has 1 atom stereocenters. The van der Waals surface area contributed by atoms with Crippen LogP contribution in [0.2, 0.25) is 0 Å².